The number of hydrogen-bond donors (Lipinski definition) is 0. The Morgan fingerprint density at radius 1 is 1.24 bits per heavy atom. The molecule has 0 saturated heterocycles. The Hall–Kier alpha value is -3.27. The molecular formula is C27H23ClFN3O3S2. The van der Waals surface area contributed by atoms with Crippen LogP contribution in [0.3, 0.4) is 0 Å². The molecule has 0 spiro atoms. The summed E-state index contributed by atoms with van der Waals surface area (Å²) in [6, 6.07) is 9.75. The van der Waals surface area contributed by atoms with Gasteiger partial charge in [-0.15, -0.1) is 11.3 Å². The Kier molecular flexibility index (Phi) is 6.78. The Morgan fingerprint density at radius 2 is 2.03 bits per heavy atom. The van der Waals surface area contributed by atoms with E-state index in [0.717, 1.165) is 27.5 Å². The summed E-state index contributed by atoms with van der Waals surface area (Å²) in [4.78, 5) is 32.7. The van der Waals surface area contributed by atoms with E-state index in [1.54, 1.807) is 30.5 Å². The molecule has 3 aromatic heterocycles. The fourth-order valence-electron chi connectivity index (χ4n) is 4.60. The van der Waals surface area contributed by atoms with Gasteiger partial charge in [-0.3, -0.25) is 9.36 Å². The van der Waals surface area contributed by atoms with Crippen molar-refractivity contribution >= 4 is 46.3 Å². The van der Waals surface area contributed by atoms with Crippen LogP contribution in [-0.4, -0.2) is 21.7 Å². The van der Waals surface area contributed by atoms with Crippen molar-refractivity contribution in [2.45, 2.75) is 33.7 Å². The summed E-state index contributed by atoms with van der Waals surface area (Å²) in [7, 11) is 0. The maximum Gasteiger partial charge on any atom is 0.338 e. The number of hydrogen-bond acceptors (Lipinski definition) is 6. The number of nitrogens with zero attached hydrogens (tertiary/aromatic N) is 3. The SMILES string of the molecule is CCOC(=O)C1=C(C)N=c2sc(=Cc3cc(C)n(-c4ccc(F)c(Cl)c4)c3C)c(=O)n2[C@H]1c1cccs1. The first-order valence-electron chi connectivity index (χ1n) is 11.6. The minimum atomic E-state index is -0.605. The number of ether oxygens (including phenoxy) is 1. The summed E-state index contributed by atoms with van der Waals surface area (Å²) in [5.74, 6) is -0.954. The van der Waals surface area contributed by atoms with Crippen LogP contribution in [0, 0.1) is 19.7 Å². The van der Waals surface area contributed by atoms with E-state index in [-0.39, 0.29) is 17.2 Å². The fraction of sp³-hybridized carbons (Fsp3) is 0.222. The second kappa shape index (κ2) is 9.89. The van der Waals surface area contributed by atoms with Gasteiger partial charge in [0.05, 0.1) is 27.4 Å². The number of benzene rings is 1. The Balaban J connectivity index is 1.67. The third-order valence-corrected chi connectivity index (χ3v) is 8.45. The van der Waals surface area contributed by atoms with Crippen LogP contribution in [0.4, 0.5) is 4.39 Å². The minimum absolute atomic E-state index is 0.0428. The van der Waals surface area contributed by atoms with Crippen LogP contribution in [0.5, 0.6) is 0 Å². The van der Waals surface area contributed by atoms with Gasteiger partial charge in [-0.2, -0.15) is 0 Å². The van der Waals surface area contributed by atoms with E-state index in [4.69, 9.17) is 16.3 Å². The summed E-state index contributed by atoms with van der Waals surface area (Å²) in [5.41, 5.74) is 4.05. The Morgan fingerprint density at radius 3 is 2.70 bits per heavy atom. The number of aryl methyl sites for hydroxylation is 1. The lowest BCUT2D eigenvalue weighted by molar-refractivity contribution is -0.139. The number of carbonyl (C=O) groups excluding carboxylic acids is 1. The first kappa shape index (κ1) is 25.4. The van der Waals surface area contributed by atoms with Crippen LogP contribution in [0.25, 0.3) is 11.8 Å². The molecule has 0 bridgehead atoms. The summed E-state index contributed by atoms with van der Waals surface area (Å²) >= 11 is 8.77. The quantitative estimate of drug-likeness (QED) is 0.323. The maximum absolute atomic E-state index is 13.8. The standard InChI is InChI=1S/C27H23ClFN3O3S2/c1-5-35-26(34)23-15(3)30-27-32(24(23)21-7-6-10-36-21)25(33)22(37-27)12-17-11-14(2)31(16(17)4)18-8-9-20(29)19(28)13-18/h6-13,24H,5H2,1-4H3/t24-/m0/s1. The van der Waals surface area contributed by atoms with Crippen LogP contribution < -0.4 is 14.9 Å². The topological polar surface area (TPSA) is 65.6 Å². The highest BCUT2D eigenvalue weighted by Crippen LogP contribution is 2.33. The van der Waals surface area contributed by atoms with Crippen LogP contribution in [0.1, 0.15) is 41.7 Å². The van der Waals surface area contributed by atoms with E-state index in [1.165, 1.54) is 28.7 Å². The van der Waals surface area contributed by atoms with Gasteiger partial charge in [-0.05, 0) is 75.0 Å². The molecule has 0 saturated carbocycles. The average Bonchev–Trinajstić information content (AvgIpc) is 3.55. The summed E-state index contributed by atoms with van der Waals surface area (Å²) in [6.45, 7) is 7.62. The lowest BCUT2D eigenvalue weighted by atomic mass is 10.0. The molecule has 5 rings (SSSR count). The van der Waals surface area contributed by atoms with Crippen molar-refractivity contribution in [2.75, 3.05) is 6.61 Å². The third-order valence-electron chi connectivity index (χ3n) is 6.25. The first-order chi connectivity index (χ1) is 17.7. The molecular weight excluding hydrogens is 533 g/mol. The van der Waals surface area contributed by atoms with Gasteiger partial charge in [-0.1, -0.05) is 29.0 Å². The molecule has 0 fully saturated rings. The van der Waals surface area contributed by atoms with Crippen molar-refractivity contribution in [3.05, 3.63) is 105 Å². The van der Waals surface area contributed by atoms with E-state index in [9.17, 15) is 14.0 Å². The van der Waals surface area contributed by atoms with E-state index in [1.807, 2.05) is 48.1 Å². The smallest absolute Gasteiger partial charge is 0.338 e. The predicted molar refractivity (Wildman–Crippen MR) is 145 cm³/mol. The summed E-state index contributed by atoms with van der Waals surface area (Å²) in [6.07, 6.45) is 1.84. The van der Waals surface area contributed by atoms with Crippen LogP contribution in [0.2, 0.25) is 5.02 Å². The Labute approximate surface area is 225 Å². The van der Waals surface area contributed by atoms with Crippen LogP contribution in [0.15, 0.2) is 62.8 Å². The van der Waals surface area contributed by atoms with Crippen molar-refractivity contribution in [1.29, 1.82) is 0 Å². The molecule has 0 N–H and O–H groups in total. The molecule has 10 heteroatoms. The second-order valence-electron chi connectivity index (χ2n) is 8.58. The monoisotopic (exact) mass is 555 g/mol. The number of aromatic nitrogens is 2. The zero-order chi connectivity index (χ0) is 26.4. The highest BCUT2D eigenvalue weighted by atomic mass is 35.5. The number of carbonyl (C=O) groups is 1. The van der Waals surface area contributed by atoms with E-state index >= 15 is 0 Å². The predicted octanol–water partition coefficient (Wildman–Crippen LogP) is 5.06. The molecule has 37 heavy (non-hydrogen) atoms. The molecule has 0 radical (unpaired) electrons. The largest absolute Gasteiger partial charge is 0.463 e. The van der Waals surface area contributed by atoms with Crippen molar-refractivity contribution < 1.29 is 13.9 Å². The molecule has 0 amide bonds. The average molecular weight is 556 g/mol. The van der Waals surface area contributed by atoms with Crippen LogP contribution >= 0.6 is 34.3 Å². The van der Waals surface area contributed by atoms with Gasteiger partial charge in [0.1, 0.15) is 11.9 Å². The van der Waals surface area contributed by atoms with E-state index in [2.05, 4.69) is 4.99 Å². The zero-order valence-electron chi connectivity index (χ0n) is 20.5. The highest BCUT2D eigenvalue weighted by Gasteiger charge is 2.33. The molecule has 0 unspecified atom stereocenters. The van der Waals surface area contributed by atoms with Gasteiger partial charge in [0.2, 0.25) is 0 Å². The molecule has 1 aliphatic rings. The van der Waals surface area contributed by atoms with Gasteiger partial charge >= 0.3 is 5.97 Å². The van der Waals surface area contributed by atoms with Gasteiger partial charge in [0, 0.05) is 22.0 Å². The summed E-state index contributed by atoms with van der Waals surface area (Å²) < 4.78 is 23.1. The number of halogens is 2. The normalized spacial score (nSPS) is 15.6. The maximum atomic E-state index is 13.8. The highest BCUT2D eigenvalue weighted by molar-refractivity contribution is 7.10. The number of allylic oxidation sites excluding steroid dienone is 1. The molecule has 0 aliphatic carbocycles. The van der Waals surface area contributed by atoms with Gasteiger partial charge in [0.25, 0.3) is 5.56 Å². The van der Waals surface area contributed by atoms with E-state index in [0.29, 0.717) is 20.6 Å². The summed E-state index contributed by atoms with van der Waals surface area (Å²) in [5, 5.41) is 1.96. The first-order valence-corrected chi connectivity index (χ1v) is 13.7. The zero-order valence-corrected chi connectivity index (χ0v) is 22.9. The Bertz CT molecular complexity index is 1750. The van der Waals surface area contributed by atoms with Gasteiger partial charge < -0.3 is 9.30 Å². The number of esters is 1. The second-order valence-corrected chi connectivity index (χ2v) is 11.0. The minimum Gasteiger partial charge on any atom is -0.463 e. The molecule has 1 aromatic carbocycles. The molecule has 1 atom stereocenters. The van der Waals surface area contributed by atoms with Crippen molar-refractivity contribution in [3.63, 3.8) is 0 Å². The van der Waals surface area contributed by atoms with E-state index < -0.39 is 17.8 Å². The number of fused-ring (bicyclic) bond motifs is 1. The van der Waals surface area contributed by atoms with Gasteiger partial charge in [-0.25, -0.2) is 14.2 Å². The number of rotatable bonds is 5. The van der Waals surface area contributed by atoms with Crippen molar-refractivity contribution in [1.82, 2.24) is 9.13 Å². The van der Waals surface area contributed by atoms with Crippen molar-refractivity contribution in [2.24, 2.45) is 4.99 Å². The van der Waals surface area contributed by atoms with Crippen molar-refractivity contribution in [3.8, 4) is 5.69 Å². The lowest BCUT2D eigenvalue weighted by Gasteiger charge is -2.23. The molecule has 6 nitrogen and oxygen atoms in total. The van der Waals surface area contributed by atoms with Crippen LogP contribution in [-0.2, 0) is 9.53 Å². The molecule has 4 aromatic rings. The fourth-order valence-corrected chi connectivity index (χ4v) is 6.64. The van der Waals surface area contributed by atoms with Gasteiger partial charge in [0.15, 0.2) is 4.80 Å². The third kappa shape index (κ3) is 4.41. The number of thiazole rings is 1. The molecule has 190 valence electrons. The number of thiophene rings is 1. The lowest BCUT2D eigenvalue weighted by Crippen LogP contribution is -2.39. The molecule has 1 aliphatic heterocycles. The molecule has 4 heterocycles.